The molecule has 37 heavy (non-hydrogen) atoms. The van der Waals surface area contributed by atoms with Crippen molar-refractivity contribution in [3.63, 3.8) is 0 Å². The lowest BCUT2D eigenvalue weighted by Crippen LogP contribution is -2.34. The molecule has 2 aromatic rings. The number of carbonyl (C=O) groups is 2. The summed E-state index contributed by atoms with van der Waals surface area (Å²) in [6, 6.07) is 1.35. The van der Waals surface area contributed by atoms with Crippen molar-refractivity contribution in [2.24, 2.45) is 5.73 Å². The SMILES string of the molecule is Nc1c(S(=O)(=O)O)cc(NC2CCC(N)CC2)c2c1C(=O)c1c(S(=O)(=O)O)ccc(S(=O)(=O)O)c1C2=O. The van der Waals surface area contributed by atoms with Crippen LogP contribution >= 0.6 is 0 Å². The molecule has 2 aliphatic carbocycles. The molecule has 8 N–H and O–H groups in total. The van der Waals surface area contributed by atoms with E-state index in [4.69, 9.17) is 11.5 Å². The van der Waals surface area contributed by atoms with Gasteiger partial charge in [0, 0.05) is 17.8 Å². The fourth-order valence-electron chi connectivity index (χ4n) is 4.65. The van der Waals surface area contributed by atoms with Crippen LogP contribution in [0.4, 0.5) is 11.4 Å². The van der Waals surface area contributed by atoms with Crippen molar-refractivity contribution < 1.29 is 48.5 Å². The Morgan fingerprint density at radius 1 is 0.703 bits per heavy atom. The Balaban J connectivity index is 2.09. The highest BCUT2D eigenvalue weighted by Crippen LogP contribution is 2.43. The molecule has 0 radical (unpaired) electrons. The first-order chi connectivity index (χ1) is 16.9. The zero-order chi connectivity index (χ0) is 27.7. The number of hydrogen-bond acceptors (Lipinski definition) is 11. The lowest BCUT2D eigenvalue weighted by Gasteiger charge is -2.30. The second kappa shape index (κ2) is 8.83. The van der Waals surface area contributed by atoms with Gasteiger partial charge in [-0.15, -0.1) is 0 Å². The van der Waals surface area contributed by atoms with Crippen LogP contribution in [0.1, 0.15) is 57.5 Å². The summed E-state index contributed by atoms with van der Waals surface area (Å²) < 4.78 is 101. The second-order valence-corrected chi connectivity index (χ2v) is 12.9. The molecule has 200 valence electrons. The molecular formula is C20H21N3O11S3. The quantitative estimate of drug-likeness (QED) is 0.178. The van der Waals surface area contributed by atoms with Crippen LogP contribution < -0.4 is 16.8 Å². The highest BCUT2D eigenvalue weighted by Gasteiger charge is 2.43. The third kappa shape index (κ3) is 4.74. The summed E-state index contributed by atoms with van der Waals surface area (Å²) in [5.41, 5.74) is 6.93. The van der Waals surface area contributed by atoms with Crippen LogP contribution in [0.5, 0.6) is 0 Å². The van der Waals surface area contributed by atoms with E-state index in [1.165, 1.54) is 0 Å². The Bertz CT molecular complexity index is 1690. The highest BCUT2D eigenvalue weighted by atomic mass is 32.2. The Kier molecular flexibility index (Phi) is 6.47. The summed E-state index contributed by atoms with van der Waals surface area (Å²) in [6.07, 6.45) is 2.09. The predicted octanol–water partition coefficient (Wildman–Crippen LogP) is 0.466. The number of benzene rings is 2. The van der Waals surface area contributed by atoms with Crippen molar-refractivity contribution in [1.29, 1.82) is 0 Å². The number of carbonyl (C=O) groups excluding carboxylic acids is 2. The van der Waals surface area contributed by atoms with E-state index in [9.17, 15) is 48.5 Å². The maximum Gasteiger partial charge on any atom is 0.296 e. The minimum Gasteiger partial charge on any atom is -0.397 e. The second-order valence-electron chi connectivity index (χ2n) is 8.74. The maximum absolute atomic E-state index is 13.7. The van der Waals surface area contributed by atoms with Crippen LogP contribution in [0.15, 0.2) is 32.9 Å². The van der Waals surface area contributed by atoms with Crippen molar-refractivity contribution in [2.75, 3.05) is 11.1 Å². The summed E-state index contributed by atoms with van der Waals surface area (Å²) in [6.45, 7) is 0. The standard InChI is InChI=1S/C20H21N3O11S3/c21-8-1-3-9(4-2-8)23-10-7-13(37(32,33)34)18(22)17-14(10)19(24)15-11(35(26,27)28)5-6-12(36(29,30)31)16(15)20(17)25/h5-9,23H,1-4,21-22H2,(H,26,27,28)(H,29,30,31)(H,32,33,34). The maximum atomic E-state index is 13.7. The van der Waals surface area contributed by atoms with Crippen LogP contribution in [-0.2, 0) is 30.4 Å². The molecule has 0 bridgehead atoms. The average molecular weight is 576 g/mol. The van der Waals surface area contributed by atoms with Gasteiger partial charge in [0.1, 0.15) is 14.7 Å². The van der Waals surface area contributed by atoms with E-state index >= 15 is 0 Å². The number of anilines is 2. The molecule has 1 fully saturated rings. The van der Waals surface area contributed by atoms with E-state index in [2.05, 4.69) is 5.32 Å². The first kappa shape index (κ1) is 27.1. The molecule has 0 spiro atoms. The smallest absolute Gasteiger partial charge is 0.296 e. The van der Waals surface area contributed by atoms with Gasteiger partial charge in [0.2, 0.25) is 0 Å². The van der Waals surface area contributed by atoms with E-state index in [0.29, 0.717) is 37.8 Å². The zero-order valence-electron chi connectivity index (χ0n) is 18.7. The number of nitrogen functional groups attached to an aromatic ring is 1. The molecule has 0 aliphatic heterocycles. The highest BCUT2D eigenvalue weighted by molar-refractivity contribution is 7.86. The number of hydrogen-bond donors (Lipinski definition) is 6. The van der Waals surface area contributed by atoms with E-state index < -0.39 is 84.5 Å². The van der Waals surface area contributed by atoms with Gasteiger partial charge in [-0.05, 0) is 43.9 Å². The summed E-state index contributed by atoms with van der Waals surface area (Å²) in [7, 11) is -15.5. The van der Waals surface area contributed by atoms with E-state index in [0.717, 1.165) is 6.07 Å². The van der Waals surface area contributed by atoms with Crippen LogP contribution in [-0.4, -0.2) is 62.6 Å². The molecule has 0 saturated heterocycles. The van der Waals surface area contributed by atoms with Crippen molar-refractivity contribution in [3.05, 3.63) is 40.5 Å². The first-order valence-electron chi connectivity index (χ1n) is 10.6. The fourth-order valence-corrected chi connectivity index (χ4v) is 6.68. The Morgan fingerprint density at radius 2 is 1.14 bits per heavy atom. The average Bonchev–Trinajstić information content (AvgIpc) is 2.76. The van der Waals surface area contributed by atoms with Gasteiger partial charge in [-0.3, -0.25) is 23.2 Å². The molecule has 0 unspecified atom stereocenters. The van der Waals surface area contributed by atoms with E-state index in [-0.39, 0.29) is 17.8 Å². The summed E-state index contributed by atoms with van der Waals surface area (Å²) >= 11 is 0. The van der Waals surface area contributed by atoms with Gasteiger partial charge in [0.15, 0.2) is 11.6 Å². The summed E-state index contributed by atoms with van der Waals surface area (Å²) in [5.74, 6) is -2.73. The minimum atomic E-state index is -5.24. The molecule has 4 rings (SSSR count). The fraction of sp³-hybridized carbons (Fsp3) is 0.300. The molecular weight excluding hydrogens is 554 g/mol. The van der Waals surface area contributed by atoms with E-state index in [1.54, 1.807) is 0 Å². The van der Waals surface area contributed by atoms with Crippen LogP contribution in [0, 0.1) is 0 Å². The minimum absolute atomic E-state index is 0.0852. The molecule has 1 saturated carbocycles. The van der Waals surface area contributed by atoms with Gasteiger partial charge in [-0.2, -0.15) is 25.3 Å². The molecule has 0 amide bonds. The summed E-state index contributed by atoms with van der Waals surface area (Å²) in [4.78, 5) is 24.0. The molecule has 17 heteroatoms. The number of nitrogens with two attached hydrogens (primary N) is 2. The van der Waals surface area contributed by atoms with Crippen molar-refractivity contribution in [3.8, 4) is 0 Å². The van der Waals surface area contributed by atoms with Gasteiger partial charge >= 0.3 is 0 Å². The topological polar surface area (TPSA) is 261 Å². The first-order valence-corrected chi connectivity index (χ1v) is 14.9. The molecule has 0 heterocycles. The normalized spacial score (nSPS) is 20.3. The largest absolute Gasteiger partial charge is 0.397 e. The van der Waals surface area contributed by atoms with Gasteiger partial charge in [-0.1, -0.05) is 0 Å². The molecule has 0 aromatic heterocycles. The Morgan fingerprint density at radius 3 is 1.57 bits per heavy atom. The van der Waals surface area contributed by atoms with Gasteiger partial charge < -0.3 is 16.8 Å². The Labute approximate surface area is 211 Å². The molecule has 0 atom stereocenters. The molecule has 14 nitrogen and oxygen atoms in total. The Hall–Kier alpha value is -2.93. The van der Waals surface area contributed by atoms with Gasteiger partial charge in [-0.25, -0.2) is 0 Å². The van der Waals surface area contributed by atoms with Crippen LogP contribution in [0.25, 0.3) is 0 Å². The van der Waals surface area contributed by atoms with Crippen molar-refractivity contribution >= 4 is 53.3 Å². The number of fused-ring (bicyclic) bond motifs is 2. The van der Waals surface area contributed by atoms with Crippen molar-refractivity contribution in [2.45, 2.75) is 52.5 Å². The number of nitrogens with one attached hydrogen (secondary N) is 1. The lowest BCUT2D eigenvalue weighted by atomic mass is 9.81. The van der Waals surface area contributed by atoms with Gasteiger partial charge in [0.05, 0.1) is 27.9 Å². The van der Waals surface area contributed by atoms with E-state index in [1.807, 2.05) is 0 Å². The lowest BCUT2D eigenvalue weighted by molar-refractivity contribution is 0.0975. The van der Waals surface area contributed by atoms with Crippen molar-refractivity contribution in [1.82, 2.24) is 0 Å². The third-order valence-corrected chi connectivity index (χ3v) is 9.02. The predicted molar refractivity (Wildman–Crippen MR) is 127 cm³/mol. The summed E-state index contributed by atoms with van der Waals surface area (Å²) in [5, 5.41) is 2.91. The van der Waals surface area contributed by atoms with Crippen LogP contribution in [0.3, 0.4) is 0 Å². The number of ketones is 2. The third-order valence-electron chi connectivity index (χ3n) is 6.33. The molecule has 2 aromatic carbocycles. The van der Waals surface area contributed by atoms with Crippen LogP contribution in [0.2, 0.25) is 0 Å². The zero-order valence-corrected chi connectivity index (χ0v) is 21.2. The number of rotatable bonds is 5. The monoisotopic (exact) mass is 575 g/mol. The van der Waals surface area contributed by atoms with Gasteiger partial charge in [0.25, 0.3) is 30.4 Å². The molecule has 2 aliphatic rings.